The highest BCUT2D eigenvalue weighted by molar-refractivity contribution is 6.12. The summed E-state index contributed by atoms with van der Waals surface area (Å²) in [5.41, 5.74) is 12.5. The van der Waals surface area contributed by atoms with Crippen molar-refractivity contribution < 1.29 is 26.4 Å². The Kier molecular flexibility index (Phi) is 8.94. The highest BCUT2D eigenvalue weighted by atomic mass is 19.1. The molecule has 0 amide bonds. The number of hydrogen-bond acceptors (Lipinski definition) is 4. The van der Waals surface area contributed by atoms with E-state index in [1.54, 1.807) is 0 Å². The van der Waals surface area contributed by atoms with Crippen LogP contribution in [0.3, 0.4) is 0 Å². The van der Waals surface area contributed by atoms with Gasteiger partial charge in [-0.25, -0.2) is 17.6 Å². The lowest BCUT2D eigenvalue weighted by Gasteiger charge is -2.46. The Morgan fingerprint density at radius 1 is 0.333 bits per heavy atom. The van der Waals surface area contributed by atoms with Crippen LogP contribution in [0.2, 0.25) is 0 Å². The highest BCUT2D eigenvalue weighted by Gasteiger charge is 2.53. The molecule has 8 heteroatoms. The summed E-state index contributed by atoms with van der Waals surface area (Å²) in [7, 11) is 0. The molecule has 72 heavy (non-hydrogen) atoms. The number of fused-ring (bicyclic) bond motifs is 15. The summed E-state index contributed by atoms with van der Waals surface area (Å²) >= 11 is 0. The molecule has 346 valence electrons. The van der Waals surface area contributed by atoms with Gasteiger partial charge >= 0.3 is 0 Å². The summed E-state index contributed by atoms with van der Waals surface area (Å²) in [6.07, 6.45) is 0. The van der Waals surface area contributed by atoms with Crippen LogP contribution >= 0.6 is 0 Å². The quantitative estimate of drug-likeness (QED) is 0.156. The second-order valence-electron chi connectivity index (χ2n) is 19.4. The minimum Gasteiger partial charge on any atom is -0.454 e. The zero-order chi connectivity index (χ0) is 48.6. The van der Waals surface area contributed by atoms with Gasteiger partial charge in [0.1, 0.15) is 34.4 Å². The van der Waals surface area contributed by atoms with Gasteiger partial charge in [-0.2, -0.15) is 0 Å². The van der Waals surface area contributed by atoms with Gasteiger partial charge in [0.25, 0.3) is 0 Å². The number of rotatable bonds is 6. The van der Waals surface area contributed by atoms with Crippen molar-refractivity contribution in [2.24, 2.45) is 0 Å². The molecular formula is C64H40F4N2O2. The zero-order valence-corrected chi connectivity index (χ0v) is 38.9. The number of nitrogens with zero attached hydrogens (tertiary/aromatic N) is 2. The van der Waals surface area contributed by atoms with E-state index in [4.69, 9.17) is 8.83 Å². The van der Waals surface area contributed by atoms with Crippen LogP contribution in [-0.4, -0.2) is 0 Å². The van der Waals surface area contributed by atoms with Crippen LogP contribution in [0.15, 0.2) is 215 Å². The summed E-state index contributed by atoms with van der Waals surface area (Å²) < 4.78 is 75.4. The van der Waals surface area contributed by atoms with Gasteiger partial charge in [0, 0.05) is 50.5 Å². The van der Waals surface area contributed by atoms with Gasteiger partial charge < -0.3 is 18.6 Å². The first-order valence-corrected chi connectivity index (χ1v) is 23.9. The van der Waals surface area contributed by atoms with Crippen molar-refractivity contribution in [2.75, 3.05) is 9.80 Å². The molecule has 0 atom stereocenters. The minimum absolute atomic E-state index is 0.260. The molecule has 2 aliphatic carbocycles. The Morgan fingerprint density at radius 3 is 1.14 bits per heavy atom. The first kappa shape index (κ1) is 42.0. The third kappa shape index (κ3) is 5.92. The van der Waals surface area contributed by atoms with Gasteiger partial charge in [-0.05, 0) is 117 Å². The average molecular weight is 945 g/mol. The molecular weight excluding hydrogens is 905 g/mol. The summed E-state index contributed by atoms with van der Waals surface area (Å²) in [5, 5.41) is 3.53. The molecule has 10 aromatic carbocycles. The smallest absolute Gasteiger partial charge is 0.159 e. The van der Waals surface area contributed by atoms with Gasteiger partial charge in [0.2, 0.25) is 0 Å². The SMILES string of the molecule is CC1(C)c2ccccc2C2(c3ccc(N(c4cc(F)cc(F)c4)c4cccc5c4oc4ccccc45)cc3-c3cc(N(c4cc(F)cc(F)c4)c4cccc5c4oc4ccccc45)ccc32)c2ccccc21. The molecule has 0 saturated heterocycles. The number of hydrogen-bond donors (Lipinski definition) is 0. The molecule has 0 unspecified atom stereocenters. The minimum atomic E-state index is -0.840. The maximum atomic E-state index is 15.6. The van der Waals surface area contributed by atoms with Crippen molar-refractivity contribution in [1.82, 2.24) is 0 Å². The maximum absolute atomic E-state index is 15.6. The van der Waals surface area contributed by atoms with Crippen molar-refractivity contribution in [3.05, 3.63) is 263 Å². The van der Waals surface area contributed by atoms with E-state index >= 15 is 17.6 Å². The third-order valence-corrected chi connectivity index (χ3v) is 15.1. The Bertz CT molecular complexity index is 3930. The first-order chi connectivity index (χ1) is 35.1. The fourth-order valence-electron chi connectivity index (χ4n) is 12.2. The topological polar surface area (TPSA) is 32.8 Å². The monoisotopic (exact) mass is 944 g/mol. The number of para-hydroxylation sites is 4. The van der Waals surface area contributed by atoms with Crippen molar-refractivity contribution in [2.45, 2.75) is 24.7 Å². The van der Waals surface area contributed by atoms with Crippen LogP contribution in [0, 0.1) is 23.3 Å². The van der Waals surface area contributed by atoms with Crippen LogP contribution in [-0.2, 0) is 10.8 Å². The molecule has 0 fully saturated rings. The van der Waals surface area contributed by atoms with Gasteiger partial charge in [0.05, 0.1) is 28.2 Å². The number of anilines is 6. The molecule has 2 aliphatic rings. The molecule has 0 saturated carbocycles. The van der Waals surface area contributed by atoms with Crippen molar-refractivity contribution >= 4 is 78.0 Å². The highest BCUT2D eigenvalue weighted by Crippen LogP contribution is 2.63. The predicted octanol–water partition coefficient (Wildman–Crippen LogP) is 18.0. The maximum Gasteiger partial charge on any atom is 0.159 e. The summed E-state index contributed by atoms with van der Waals surface area (Å²) in [6.45, 7) is 4.54. The fraction of sp³-hybridized carbons (Fsp3) is 0.0625. The van der Waals surface area contributed by atoms with E-state index < -0.39 is 28.7 Å². The van der Waals surface area contributed by atoms with Crippen LogP contribution in [0.4, 0.5) is 51.7 Å². The van der Waals surface area contributed by atoms with Gasteiger partial charge in [-0.3, -0.25) is 0 Å². The lowest BCUT2D eigenvalue weighted by atomic mass is 9.55. The average Bonchev–Trinajstić information content (AvgIpc) is 4.05. The van der Waals surface area contributed by atoms with E-state index in [2.05, 4.69) is 86.6 Å². The fourth-order valence-corrected chi connectivity index (χ4v) is 12.2. The van der Waals surface area contributed by atoms with Crippen molar-refractivity contribution in [3.63, 3.8) is 0 Å². The molecule has 1 spiro atoms. The Morgan fingerprint density at radius 2 is 0.708 bits per heavy atom. The third-order valence-electron chi connectivity index (χ3n) is 15.1. The van der Waals surface area contributed by atoms with E-state index in [0.717, 1.165) is 67.1 Å². The molecule has 2 heterocycles. The lowest BCUT2D eigenvalue weighted by molar-refractivity contribution is 0.563. The molecule has 12 aromatic rings. The normalized spacial score (nSPS) is 13.9. The standard InChI is InChI=1S/C64H40F4N2O2/c1-63(2)53-17-5-7-19-55(53)64(56-20-8-6-18-54(56)63)51-27-25-41(69(43-31-37(65)29-38(66)32-43)57-21-11-15-47-45-13-3-9-23-59(45)71-61(47)57)35-49(51)50-36-42(26-28-52(50)64)70(44-33-39(67)30-40(68)34-44)58-22-12-16-48-46-14-4-10-24-60(46)72-62(48)58/h3-36H,1-2H3. The van der Waals surface area contributed by atoms with Crippen LogP contribution < -0.4 is 9.80 Å². The molecule has 0 N–H and O–H groups in total. The number of furan rings is 2. The predicted molar refractivity (Wildman–Crippen MR) is 280 cm³/mol. The molecule has 14 rings (SSSR count). The van der Waals surface area contributed by atoms with Crippen molar-refractivity contribution in [1.29, 1.82) is 0 Å². The number of benzene rings is 10. The van der Waals surface area contributed by atoms with E-state index in [1.807, 2.05) is 107 Å². The Balaban J connectivity index is 1.08. The van der Waals surface area contributed by atoms with Crippen LogP contribution in [0.25, 0.3) is 55.0 Å². The van der Waals surface area contributed by atoms with Crippen LogP contribution in [0.5, 0.6) is 0 Å². The molecule has 0 aliphatic heterocycles. The van der Waals surface area contributed by atoms with E-state index in [9.17, 15) is 0 Å². The first-order valence-electron chi connectivity index (χ1n) is 23.9. The largest absolute Gasteiger partial charge is 0.454 e. The van der Waals surface area contributed by atoms with E-state index in [-0.39, 0.29) is 16.8 Å². The molecule has 0 radical (unpaired) electrons. The van der Waals surface area contributed by atoms with E-state index in [0.29, 0.717) is 45.1 Å². The van der Waals surface area contributed by atoms with E-state index in [1.165, 1.54) is 35.4 Å². The van der Waals surface area contributed by atoms with Crippen molar-refractivity contribution in [3.8, 4) is 11.1 Å². The summed E-state index contributed by atoms with van der Waals surface area (Å²) in [4.78, 5) is 3.70. The summed E-state index contributed by atoms with van der Waals surface area (Å²) in [5.74, 6) is -2.91. The molecule has 2 aromatic heterocycles. The second kappa shape index (κ2) is 15.3. The molecule has 0 bridgehead atoms. The lowest BCUT2D eigenvalue weighted by Crippen LogP contribution is -2.40. The zero-order valence-electron chi connectivity index (χ0n) is 38.9. The van der Waals surface area contributed by atoms with Gasteiger partial charge in [-0.1, -0.05) is 135 Å². The molecule has 4 nitrogen and oxygen atoms in total. The van der Waals surface area contributed by atoms with Gasteiger partial charge in [-0.15, -0.1) is 0 Å². The van der Waals surface area contributed by atoms with Gasteiger partial charge in [0.15, 0.2) is 11.2 Å². The van der Waals surface area contributed by atoms with Crippen LogP contribution in [0.1, 0.15) is 47.2 Å². The Labute approximate surface area is 411 Å². The second-order valence-corrected chi connectivity index (χ2v) is 19.4. The number of halogens is 4. The summed E-state index contributed by atoms with van der Waals surface area (Å²) in [6, 6.07) is 64.0. The Hall–Kier alpha value is -8.88.